The lowest BCUT2D eigenvalue weighted by atomic mass is 10.1. The van der Waals surface area contributed by atoms with E-state index in [4.69, 9.17) is 27.6 Å². The summed E-state index contributed by atoms with van der Waals surface area (Å²) >= 11 is 0. The van der Waals surface area contributed by atoms with Gasteiger partial charge in [0.25, 0.3) is 0 Å². The maximum atomic E-state index is 8.87. The van der Waals surface area contributed by atoms with Crippen LogP contribution in [0.4, 0.5) is 0 Å². The second kappa shape index (κ2) is 9.75. The molecule has 0 bridgehead atoms. The van der Waals surface area contributed by atoms with Gasteiger partial charge in [0.05, 0.1) is 24.9 Å². The maximum absolute atomic E-state index is 8.87. The molecule has 5 heteroatoms. The molecule has 0 fully saturated rings. The molecule has 0 aliphatic rings. The molecule has 9 rings (SSSR count). The van der Waals surface area contributed by atoms with E-state index >= 15 is 0 Å². The molecular weight excluding hydrogens is 540 g/mol. The van der Waals surface area contributed by atoms with Crippen molar-refractivity contribution in [3.8, 4) is 39.9 Å². The van der Waals surface area contributed by atoms with E-state index < -0.39 is 0 Å². The number of furan rings is 1. The number of aromatic nitrogens is 4. The molecular formula is C39H24N4O. The van der Waals surface area contributed by atoms with E-state index in [2.05, 4.69) is 0 Å². The zero-order valence-electron chi connectivity index (χ0n) is 29.1. The van der Waals surface area contributed by atoms with Gasteiger partial charge in [-0.1, -0.05) is 115 Å². The van der Waals surface area contributed by atoms with Crippen LogP contribution in [0.2, 0.25) is 0 Å². The van der Waals surface area contributed by atoms with Crippen molar-refractivity contribution in [1.29, 1.82) is 0 Å². The van der Waals surface area contributed by atoms with Gasteiger partial charge in [-0.3, -0.25) is 0 Å². The number of para-hydroxylation sites is 3. The minimum absolute atomic E-state index is 0.0313. The summed E-state index contributed by atoms with van der Waals surface area (Å²) in [5.74, 6) is 1.56. The van der Waals surface area contributed by atoms with Gasteiger partial charge in [-0.15, -0.1) is 0 Å². The summed E-state index contributed by atoms with van der Waals surface area (Å²) in [6.45, 7) is 0. The van der Waals surface area contributed by atoms with Crippen molar-refractivity contribution >= 4 is 43.7 Å². The van der Waals surface area contributed by atoms with Crippen LogP contribution in [0.15, 0.2) is 150 Å². The van der Waals surface area contributed by atoms with Gasteiger partial charge in [0.2, 0.25) is 0 Å². The number of benzene rings is 6. The fourth-order valence-corrected chi connectivity index (χ4v) is 5.79. The summed E-state index contributed by atoms with van der Waals surface area (Å²) in [6, 6.07) is 32.7. The van der Waals surface area contributed by atoms with Gasteiger partial charge in [0.15, 0.2) is 23.1 Å². The Morgan fingerprint density at radius 1 is 0.500 bits per heavy atom. The molecule has 206 valence electrons. The Bertz CT molecular complexity index is 2700. The summed E-state index contributed by atoms with van der Waals surface area (Å²) in [5.41, 5.74) is 4.53. The van der Waals surface area contributed by atoms with Gasteiger partial charge in [-0.2, -0.15) is 0 Å². The van der Waals surface area contributed by atoms with Crippen molar-refractivity contribution in [2.75, 3.05) is 0 Å². The Balaban J connectivity index is 1.29. The number of hydrogen-bond acceptors (Lipinski definition) is 4. The van der Waals surface area contributed by atoms with Crippen molar-refractivity contribution < 1.29 is 12.6 Å². The molecule has 0 saturated carbocycles. The molecule has 3 heterocycles. The SMILES string of the molecule is [2H]c1cc([2H])c2c(c1[2H])c1c([2H])c([2H])cc([2H])c1n2-c1cccc2c1oc1cc(-c3nc(-c4ccccc4)nc(-c4ccccc4)n3)ccc12. The summed E-state index contributed by atoms with van der Waals surface area (Å²) in [6.07, 6.45) is 0. The van der Waals surface area contributed by atoms with Crippen LogP contribution in [0.25, 0.3) is 83.6 Å². The molecule has 6 aromatic carbocycles. The Morgan fingerprint density at radius 2 is 1.09 bits per heavy atom. The fourth-order valence-electron chi connectivity index (χ4n) is 5.79. The predicted molar refractivity (Wildman–Crippen MR) is 178 cm³/mol. The average molecular weight is 571 g/mol. The lowest BCUT2D eigenvalue weighted by Gasteiger charge is -2.08. The van der Waals surface area contributed by atoms with E-state index in [0.29, 0.717) is 34.3 Å². The average Bonchev–Trinajstić information content (AvgIpc) is 3.71. The quantitative estimate of drug-likeness (QED) is 0.211. The summed E-state index contributed by atoms with van der Waals surface area (Å²) in [4.78, 5) is 14.5. The van der Waals surface area contributed by atoms with Crippen LogP contribution in [0, 0.1) is 0 Å². The highest BCUT2D eigenvalue weighted by molar-refractivity contribution is 6.12. The lowest BCUT2D eigenvalue weighted by Crippen LogP contribution is -2.00. The zero-order chi connectivity index (χ0) is 34.3. The topological polar surface area (TPSA) is 56.7 Å². The van der Waals surface area contributed by atoms with Crippen LogP contribution in [0.5, 0.6) is 0 Å². The molecule has 0 unspecified atom stereocenters. The molecule has 0 atom stereocenters. The summed E-state index contributed by atoms with van der Waals surface area (Å²) < 4.78 is 60.2. The van der Waals surface area contributed by atoms with Crippen molar-refractivity contribution in [2.45, 2.75) is 0 Å². The number of nitrogens with zero attached hydrogens (tertiary/aromatic N) is 4. The molecule has 0 N–H and O–H groups in total. The van der Waals surface area contributed by atoms with Gasteiger partial charge in [0, 0.05) is 38.2 Å². The molecule has 0 aliphatic heterocycles. The van der Waals surface area contributed by atoms with Gasteiger partial charge < -0.3 is 8.98 Å². The van der Waals surface area contributed by atoms with E-state index in [9.17, 15) is 0 Å². The molecule has 9 aromatic rings. The van der Waals surface area contributed by atoms with Gasteiger partial charge in [-0.05, 0) is 30.3 Å². The highest BCUT2D eigenvalue weighted by Gasteiger charge is 2.18. The van der Waals surface area contributed by atoms with Crippen LogP contribution in [-0.2, 0) is 0 Å². The molecule has 0 saturated heterocycles. The van der Waals surface area contributed by atoms with E-state index in [1.807, 2.05) is 97.1 Å². The first-order valence-corrected chi connectivity index (χ1v) is 14.1. The third-order valence-corrected chi connectivity index (χ3v) is 7.80. The zero-order valence-corrected chi connectivity index (χ0v) is 23.1. The van der Waals surface area contributed by atoms with Crippen LogP contribution in [-0.4, -0.2) is 19.5 Å². The molecule has 3 aromatic heterocycles. The number of hydrogen-bond donors (Lipinski definition) is 0. The van der Waals surface area contributed by atoms with Gasteiger partial charge >= 0.3 is 0 Å². The van der Waals surface area contributed by atoms with Gasteiger partial charge in [-0.25, -0.2) is 15.0 Å². The summed E-state index contributed by atoms with van der Waals surface area (Å²) in [5, 5.41) is 2.00. The Morgan fingerprint density at radius 3 is 1.70 bits per heavy atom. The Kier molecular flexibility index (Phi) is 4.25. The minimum Gasteiger partial charge on any atom is -0.454 e. The molecule has 5 nitrogen and oxygen atoms in total. The first-order valence-electron chi connectivity index (χ1n) is 17.1. The van der Waals surface area contributed by atoms with Gasteiger partial charge in [0.1, 0.15) is 5.58 Å². The predicted octanol–water partition coefficient (Wildman–Crippen LogP) is 9.87. The highest BCUT2D eigenvalue weighted by Crippen LogP contribution is 2.39. The first-order chi connectivity index (χ1) is 24.3. The van der Waals surface area contributed by atoms with E-state index in [1.54, 1.807) is 4.57 Å². The molecule has 0 amide bonds. The summed E-state index contributed by atoms with van der Waals surface area (Å²) in [7, 11) is 0. The second-order valence-corrected chi connectivity index (χ2v) is 10.4. The Labute approximate surface area is 261 Å². The normalized spacial score (nSPS) is 13.5. The second-order valence-electron chi connectivity index (χ2n) is 10.4. The Hall–Kier alpha value is -6.07. The minimum atomic E-state index is -0.165. The lowest BCUT2D eigenvalue weighted by molar-refractivity contribution is 0.666. The maximum Gasteiger partial charge on any atom is 0.164 e. The molecule has 0 spiro atoms. The molecule has 0 aliphatic carbocycles. The van der Waals surface area contributed by atoms with Crippen molar-refractivity contribution in [2.24, 2.45) is 0 Å². The first kappa shape index (κ1) is 19.2. The smallest absolute Gasteiger partial charge is 0.164 e. The standard InChI is InChI=1S/C39H24N4O/c1-3-12-25(13-4-1)37-40-38(26-14-5-2-6-15-26)42-39(41-37)27-22-23-30-31-18-11-21-34(36(31)44-35(30)24-27)43-32-19-9-7-16-28(32)29-17-8-10-20-33(29)43/h1-24H/i7D,8D,16D,17D,19D,20D. The van der Waals surface area contributed by atoms with Crippen molar-refractivity contribution in [1.82, 2.24) is 19.5 Å². The molecule has 44 heavy (non-hydrogen) atoms. The van der Waals surface area contributed by atoms with Crippen LogP contribution < -0.4 is 0 Å². The van der Waals surface area contributed by atoms with E-state index in [0.717, 1.165) is 27.5 Å². The van der Waals surface area contributed by atoms with Crippen LogP contribution >= 0.6 is 0 Å². The van der Waals surface area contributed by atoms with Crippen LogP contribution in [0.1, 0.15) is 8.22 Å². The number of rotatable bonds is 4. The third kappa shape index (κ3) is 3.83. The third-order valence-electron chi connectivity index (χ3n) is 7.80. The van der Waals surface area contributed by atoms with Crippen LogP contribution in [0.3, 0.4) is 0 Å². The monoisotopic (exact) mass is 570 g/mol. The van der Waals surface area contributed by atoms with Crippen molar-refractivity contribution in [3.63, 3.8) is 0 Å². The van der Waals surface area contributed by atoms with Crippen molar-refractivity contribution in [3.05, 3.63) is 145 Å². The highest BCUT2D eigenvalue weighted by atomic mass is 16.3. The van der Waals surface area contributed by atoms with E-state index in [1.165, 1.54) is 12.1 Å². The van der Waals surface area contributed by atoms with E-state index in [-0.39, 0.29) is 58.1 Å². The fraction of sp³-hybridized carbons (Fsp3) is 0. The largest absolute Gasteiger partial charge is 0.454 e. The molecule has 0 radical (unpaired) electrons. The number of fused-ring (bicyclic) bond motifs is 6.